The zero-order valence-electron chi connectivity index (χ0n) is 21.5. The zero-order chi connectivity index (χ0) is 25.4. The summed E-state index contributed by atoms with van der Waals surface area (Å²) < 4.78 is 2.71. The minimum absolute atomic E-state index is 0.0538. The maximum absolute atomic E-state index is 2.43. The minimum atomic E-state index is -0.0538. The van der Waals surface area contributed by atoms with E-state index in [1.807, 2.05) is 11.3 Å². The molecule has 180 valence electrons. The van der Waals surface area contributed by atoms with E-state index in [2.05, 4.69) is 135 Å². The first-order valence-electron chi connectivity index (χ1n) is 13.3. The number of rotatable bonds is 2. The summed E-state index contributed by atoms with van der Waals surface area (Å²) >= 11 is 1.89. The molecule has 8 rings (SSSR count). The molecule has 0 radical (unpaired) electrons. The second-order valence-corrected chi connectivity index (χ2v) is 12.0. The van der Waals surface area contributed by atoms with Crippen molar-refractivity contribution in [1.29, 1.82) is 0 Å². The molecule has 38 heavy (non-hydrogen) atoms. The molecular formula is C37H26S. The molecule has 1 aromatic heterocycles. The van der Waals surface area contributed by atoms with Crippen LogP contribution >= 0.6 is 11.3 Å². The Labute approximate surface area is 226 Å². The third-order valence-electron chi connectivity index (χ3n) is 8.45. The Morgan fingerprint density at radius 3 is 2.13 bits per heavy atom. The van der Waals surface area contributed by atoms with Gasteiger partial charge in [0.2, 0.25) is 0 Å². The van der Waals surface area contributed by atoms with Gasteiger partial charge in [-0.3, -0.25) is 0 Å². The molecule has 0 saturated heterocycles. The van der Waals surface area contributed by atoms with Crippen LogP contribution in [0.2, 0.25) is 0 Å². The van der Waals surface area contributed by atoms with Crippen LogP contribution in [0.1, 0.15) is 25.0 Å². The lowest BCUT2D eigenvalue weighted by atomic mass is 9.79. The van der Waals surface area contributed by atoms with E-state index in [1.165, 1.54) is 75.5 Å². The van der Waals surface area contributed by atoms with Crippen molar-refractivity contribution in [3.05, 3.63) is 132 Å². The molecule has 7 aromatic rings. The van der Waals surface area contributed by atoms with Gasteiger partial charge in [0.25, 0.3) is 0 Å². The fourth-order valence-corrected chi connectivity index (χ4v) is 7.86. The summed E-state index contributed by atoms with van der Waals surface area (Å²) in [5.41, 5.74) is 10.7. The van der Waals surface area contributed by atoms with Gasteiger partial charge in [0.15, 0.2) is 0 Å². The van der Waals surface area contributed by atoms with Crippen molar-refractivity contribution < 1.29 is 0 Å². The van der Waals surface area contributed by atoms with Crippen molar-refractivity contribution in [2.45, 2.75) is 19.3 Å². The van der Waals surface area contributed by atoms with Crippen LogP contribution in [-0.2, 0) is 5.41 Å². The number of hydrogen-bond acceptors (Lipinski definition) is 1. The van der Waals surface area contributed by atoms with E-state index in [-0.39, 0.29) is 5.41 Å². The number of hydrogen-bond donors (Lipinski definition) is 0. The van der Waals surface area contributed by atoms with E-state index in [1.54, 1.807) is 0 Å². The molecule has 0 aliphatic heterocycles. The topological polar surface area (TPSA) is 0 Å². The Kier molecular flexibility index (Phi) is 4.54. The molecule has 0 nitrogen and oxygen atoms in total. The Balaban J connectivity index is 1.27. The highest BCUT2D eigenvalue weighted by molar-refractivity contribution is 7.26. The van der Waals surface area contributed by atoms with Crippen LogP contribution < -0.4 is 0 Å². The predicted molar refractivity (Wildman–Crippen MR) is 165 cm³/mol. The third-order valence-corrected chi connectivity index (χ3v) is 9.67. The predicted octanol–water partition coefficient (Wildman–Crippen LogP) is 10.8. The quantitative estimate of drug-likeness (QED) is 0.220. The van der Waals surface area contributed by atoms with Crippen LogP contribution in [0.25, 0.3) is 64.3 Å². The molecule has 1 aliphatic carbocycles. The monoisotopic (exact) mass is 502 g/mol. The van der Waals surface area contributed by atoms with E-state index >= 15 is 0 Å². The van der Waals surface area contributed by atoms with Crippen molar-refractivity contribution in [3.63, 3.8) is 0 Å². The normalized spacial score (nSPS) is 13.7. The van der Waals surface area contributed by atoms with Gasteiger partial charge in [0.1, 0.15) is 0 Å². The zero-order valence-corrected chi connectivity index (χ0v) is 22.3. The van der Waals surface area contributed by atoms with E-state index in [0.717, 1.165) is 0 Å². The summed E-state index contributed by atoms with van der Waals surface area (Å²) in [7, 11) is 0. The first-order valence-corrected chi connectivity index (χ1v) is 14.1. The molecule has 0 fully saturated rings. The molecule has 0 bridgehead atoms. The summed E-state index contributed by atoms with van der Waals surface area (Å²) in [5.74, 6) is 0. The first kappa shape index (κ1) is 21.8. The lowest BCUT2D eigenvalue weighted by molar-refractivity contribution is 0.666. The van der Waals surface area contributed by atoms with Crippen LogP contribution in [0.4, 0.5) is 0 Å². The van der Waals surface area contributed by atoms with Gasteiger partial charge in [0, 0.05) is 25.6 Å². The summed E-state index contributed by atoms with van der Waals surface area (Å²) in [6.45, 7) is 4.76. The maximum atomic E-state index is 2.43. The van der Waals surface area contributed by atoms with Gasteiger partial charge in [-0.15, -0.1) is 11.3 Å². The van der Waals surface area contributed by atoms with Crippen molar-refractivity contribution in [1.82, 2.24) is 0 Å². The largest absolute Gasteiger partial charge is 0.135 e. The summed E-state index contributed by atoms with van der Waals surface area (Å²) in [6.07, 6.45) is 0. The average molecular weight is 503 g/mol. The Hall–Kier alpha value is -4.20. The fourth-order valence-electron chi connectivity index (χ4n) is 6.62. The third kappa shape index (κ3) is 3.03. The first-order chi connectivity index (χ1) is 18.6. The van der Waals surface area contributed by atoms with Crippen LogP contribution in [0, 0.1) is 0 Å². The Morgan fingerprint density at radius 2 is 1.21 bits per heavy atom. The molecule has 0 unspecified atom stereocenters. The molecule has 1 heterocycles. The van der Waals surface area contributed by atoms with Gasteiger partial charge in [0.05, 0.1) is 0 Å². The SMILES string of the molecule is CC1(C)c2cc(-c3cccc(-c4cccc5c4sc4ccccc45)c3)ccc2-c2ccc3ccccc3c21. The second kappa shape index (κ2) is 7.90. The lowest BCUT2D eigenvalue weighted by Crippen LogP contribution is -2.15. The van der Waals surface area contributed by atoms with Crippen LogP contribution in [0.3, 0.4) is 0 Å². The fraction of sp³-hybridized carbons (Fsp3) is 0.0811. The van der Waals surface area contributed by atoms with Gasteiger partial charge < -0.3 is 0 Å². The molecule has 0 saturated carbocycles. The Bertz CT molecular complexity index is 2050. The van der Waals surface area contributed by atoms with Crippen LogP contribution in [0.5, 0.6) is 0 Å². The second-order valence-electron chi connectivity index (χ2n) is 11.0. The molecular weight excluding hydrogens is 476 g/mol. The van der Waals surface area contributed by atoms with E-state index in [0.29, 0.717) is 0 Å². The van der Waals surface area contributed by atoms with Gasteiger partial charge in [-0.05, 0) is 73.5 Å². The molecule has 1 aliphatic rings. The number of fused-ring (bicyclic) bond motifs is 8. The van der Waals surface area contributed by atoms with E-state index < -0.39 is 0 Å². The van der Waals surface area contributed by atoms with Crippen molar-refractivity contribution in [2.24, 2.45) is 0 Å². The highest BCUT2D eigenvalue weighted by Gasteiger charge is 2.37. The maximum Gasteiger partial charge on any atom is 0.0433 e. The van der Waals surface area contributed by atoms with Gasteiger partial charge in [-0.25, -0.2) is 0 Å². The van der Waals surface area contributed by atoms with Crippen molar-refractivity contribution in [3.8, 4) is 33.4 Å². The van der Waals surface area contributed by atoms with Crippen LogP contribution in [0.15, 0.2) is 121 Å². The number of benzene rings is 6. The summed E-state index contributed by atoms with van der Waals surface area (Å²) in [6, 6.07) is 45.0. The molecule has 6 aromatic carbocycles. The van der Waals surface area contributed by atoms with Crippen LogP contribution in [-0.4, -0.2) is 0 Å². The standard InChI is InChI=1S/C37H26S/c1-37(2)33-22-25(18-19-29(33)31-20-17-23-9-3-4-12-27(23)35(31)37)24-10-7-11-26(21-24)28-14-8-15-32-30-13-5-6-16-34(30)38-36(28)32/h3-22H,1-2H3. The Morgan fingerprint density at radius 1 is 0.500 bits per heavy atom. The minimum Gasteiger partial charge on any atom is -0.135 e. The van der Waals surface area contributed by atoms with Crippen molar-refractivity contribution in [2.75, 3.05) is 0 Å². The van der Waals surface area contributed by atoms with Gasteiger partial charge in [-0.1, -0.05) is 117 Å². The summed E-state index contributed by atoms with van der Waals surface area (Å²) in [4.78, 5) is 0. The highest BCUT2D eigenvalue weighted by atomic mass is 32.1. The van der Waals surface area contributed by atoms with E-state index in [9.17, 15) is 0 Å². The molecule has 0 N–H and O–H groups in total. The number of thiophene rings is 1. The van der Waals surface area contributed by atoms with Gasteiger partial charge >= 0.3 is 0 Å². The molecule has 0 atom stereocenters. The van der Waals surface area contributed by atoms with Crippen molar-refractivity contribution >= 4 is 42.3 Å². The van der Waals surface area contributed by atoms with E-state index in [4.69, 9.17) is 0 Å². The smallest absolute Gasteiger partial charge is 0.0433 e. The highest BCUT2D eigenvalue weighted by Crippen LogP contribution is 2.52. The average Bonchev–Trinajstić information content (AvgIpc) is 3.45. The summed E-state index contributed by atoms with van der Waals surface area (Å²) in [5, 5.41) is 5.37. The van der Waals surface area contributed by atoms with Gasteiger partial charge in [-0.2, -0.15) is 0 Å². The molecule has 0 amide bonds. The lowest BCUT2D eigenvalue weighted by Gasteiger charge is -2.23. The molecule has 0 spiro atoms. The molecule has 1 heteroatoms.